The third-order valence-corrected chi connectivity index (χ3v) is 2.71. The molecule has 0 fully saturated rings. The first-order valence-electron chi connectivity index (χ1n) is 4.39. The smallest absolute Gasteiger partial charge is 0.233 e. The van der Waals surface area contributed by atoms with E-state index >= 15 is 0 Å². The molecule has 0 aliphatic rings. The lowest BCUT2D eigenvalue weighted by Crippen LogP contribution is -2.03. The second-order valence-corrected chi connectivity index (χ2v) is 3.74. The van der Waals surface area contributed by atoms with Gasteiger partial charge < -0.3 is 9.84 Å². The molecule has 4 nitrogen and oxygen atoms in total. The predicted molar refractivity (Wildman–Crippen MR) is 57.0 cm³/mol. The number of ether oxygens (including phenoxy) is 1. The first-order chi connectivity index (χ1) is 7.31. The predicted octanol–water partition coefficient (Wildman–Crippen LogP) is 1.63. The SMILES string of the molecule is COc1ccc(C(O)c2ccsc2)nn1. The van der Waals surface area contributed by atoms with E-state index in [4.69, 9.17) is 4.74 Å². The first kappa shape index (κ1) is 10.1. The van der Waals surface area contributed by atoms with E-state index in [1.54, 1.807) is 12.1 Å². The lowest BCUT2D eigenvalue weighted by Gasteiger charge is -2.07. The van der Waals surface area contributed by atoms with Crippen molar-refractivity contribution < 1.29 is 9.84 Å². The number of aromatic nitrogens is 2. The summed E-state index contributed by atoms with van der Waals surface area (Å²) in [7, 11) is 1.53. The van der Waals surface area contributed by atoms with Gasteiger partial charge >= 0.3 is 0 Å². The highest BCUT2D eigenvalue weighted by atomic mass is 32.1. The molecule has 1 N–H and O–H groups in total. The topological polar surface area (TPSA) is 55.2 Å². The molecule has 0 spiro atoms. The number of hydrogen-bond acceptors (Lipinski definition) is 5. The van der Waals surface area contributed by atoms with E-state index in [2.05, 4.69) is 10.2 Å². The largest absolute Gasteiger partial charge is 0.480 e. The molecule has 0 amide bonds. The van der Waals surface area contributed by atoms with Crippen LogP contribution in [0.4, 0.5) is 0 Å². The maximum Gasteiger partial charge on any atom is 0.233 e. The average molecular weight is 222 g/mol. The second-order valence-electron chi connectivity index (χ2n) is 2.96. The molecular formula is C10H10N2O2S. The molecule has 0 radical (unpaired) electrons. The summed E-state index contributed by atoms with van der Waals surface area (Å²) in [5, 5.41) is 21.4. The number of aliphatic hydroxyl groups is 1. The van der Waals surface area contributed by atoms with Crippen LogP contribution in [0.1, 0.15) is 17.4 Å². The van der Waals surface area contributed by atoms with Gasteiger partial charge in [-0.05, 0) is 28.5 Å². The van der Waals surface area contributed by atoms with Crippen LogP contribution in [0.2, 0.25) is 0 Å². The van der Waals surface area contributed by atoms with Crippen molar-refractivity contribution in [2.45, 2.75) is 6.10 Å². The first-order valence-corrected chi connectivity index (χ1v) is 5.33. The quantitative estimate of drug-likeness (QED) is 0.857. The van der Waals surface area contributed by atoms with Crippen LogP contribution in [0.15, 0.2) is 29.0 Å². The molecule has 1 atom stereocenters. The van der Waals surface area contributed by atoms with Crippen LogP contribution in [0.25, 0.3) is 0 Å². The van der Waals surface area contributed by atoms with E-state index in [0.717, 1.165) is 5.56 Å². The van der Waals surface area contributed by atoms with E-state index in [0.29, 0.717) is 11.6 Å². The highest BCUT2D eigenvalue weighted by Gasteiger charge is 2.12. The van der Waals surface area contributed by atoms with Crippen LogP contribution >= 0.6 is 11.3 Å². The molecule has 1 unspecified atom stereocenters. The van der Waals surface area contributed by atoms with Crippen molar-refractivity contribution in [1.82, 2.24) is 10.2 Å². The van der Waals surface area contributed by atoms with Crippen LogP contribution in [-0.2, 0) is 0 Å². The summed E-state index contributed by atoms with van der Waals surface area (Å²) in [6, 6.07) is 5.24. The zero-order chi connectivity index (χ0) is 10.7. The van der Waals surface area contributed by atoms with Gasteiger partial charge in [0.25, 0.3) is 0 Å². The number of methoxy groups -OCH3 is 1. The Kier molecular flexibility index (Phi) is 2.94. The van der Waals surface area contributed by atoms with Crippen molar-refractivity contribution in [3.63, 3.8) is 0 Å². The third kappa shape index (κ3) is 2.14. The van der Waals surface area contributed by atoms with Crippen molar-refractivity contribution in [2.24, 2.45) is 0 Å². The van der Waals surface area contributed by atoms with Crippen LogP contribution < -0.4 is 4.74 Å². The summed E-state index contributed by atoms with van der Waals surface area (Å²) < 4.78 is 4.89. The minimum absolute atomic E-state index is 0.441. The Balaban J connectivity index is 2.22. The van der Waals surface area contributed by atoms with Crippen LogP contribution in [-0.4, -0.2) is 22.4 Å². The molecule has 0 saturated carbocycles. The molecule has 2 aromatic heterocycles. The molecular weight excluding hydrogens is 212 g/mol. The van der Waals surface area contributed by atoms with Gasteiger partial charge in [0.1, 0.15) is 6.10 Å². The molecule has 2 aromatic rings. The third-order valence-electron chi connectivity index (χ3n) is 2.01. The Hall–Kier alpha value is -1.46. The Morgan fingerprint density at radius 2 is 2.20 bits per heavy atom. The van der Waals surface area contributed by atoms with Gasteiger partial charge in [0, 0.05) is 6.07 Å². The highest BCUT2D eigenvalue weighted by Crippen LogP contribution is 2.22. The molecule has 2 rings (SSSR count). The van der Waals surface area contributed by atoms with Crippen molar-refractivity contribution in [1.29, 1.82) is 0 Å². The van der Waals surface area contributed by atoms with Gasteiger partial charge in [0.05, 0.1) is 12.8 Å². The Morgan fingerprint density at radius 3 is 2.73 bits per heavy atom. The van der Waals surface area contributed by atoms with Crippen LogP contribution in [0, 0.1) is 0 Å². The molecule has 0 bridgehead atoms. The number of thiophene rings is 1. The second kappa shape index (κ2) is 4.37. The number of hydrogen-bond donors (Lipinski definition) is 1. The summed E-state index contributed by atoms with van der Waals surface area (Å²) in [6.45, 7) is 0. The van der Waals surface area contributed by atoms with Gasteiger partial charge in [-0.2, -0.15) is 11.3 Å². The van der Waals surface area contributed by atoms with E-state index < -0.39 is 6.10 Å². The fraction of sp³-hybridized carbons (Fsp3) is 0.200. The maximum atomic E-state index is 9.91. The number of nitrogens with zero attached hydrogens (tertiary/aromatic N) is 2. The Labute approximate surface area is 91.2 Å². The Morgan fingerprint density at radius 1 is 1.33 bits per heavy atom. The monoisotopic (exact) mass is 222 g/mol. The normalized spacial score (nSPS) is 12.4. The summed E-state index contributed by atoms with van der Waals surface area (Å²) in [5.41, 5.74) is 1.36. The summed E-state index contributed by atoms with van der Waals surface area (Å²) in [6.07, 6.45) is -0.713. The van der Waals surface area contributed by atoms with Gasteiger partial charge in [-0.25, -0.2) is 0 Å². The number of aliphatic hydroxyl groups excluding tert-OH is 1. The van der Waals surface area contributed by atoms with Gasteiger partial charge in [-0.15, -0.1) is 10.2 Å². The lowest BCUT2D eigenvalue weighted by molar-refractivity contribution is 0.214. The van der Waals surface area contributed by atoms with Crippen LogP contribution in [0.3, 0.4) is 0 Å². The average Bonchev–Trinajstić information content (AvgIpc) is 2.82. The molecule has 15 heavy (non-hydrogen) atoms. The molecule has 0 saturated heterocycles. The van der Waals surface area contributed by atoms with Crippen molar-refractivity contribution in [2.75, 3.05) is 7.11 Å². The zero-order valence-electron chi connectivity index (χ0n) is 8.12. The maximum absolute atomic E-state index is 9.91. The molecule has 5 heteroatoms. The minimum Gasteiger partial charge on any atom is -0.480 e. The lowest BCUT2D eigenvalue weighted by atomic mass is 10.1. The van der Waals surface area contributed by atoms with Gasteiger partial charge in [0.2, 0.25) is 5.88 Å². The van der Waals surface area contributed by atoms with E-state index in [1.165, 1.54) is 18.4 Å². The molecule has 0 aromatic carbocycles. The van der Waals surface area contributed by atoms with Gasteiger partial charge in [-0.3, -0.25) is 0 Å². The van der Waals surface area contributed by atoms with Gasteiger partial charge in [-0.1, -0.05) is 0 Å². The summed E-state index contributed by atoms with van der Waals surface area (Å²) >= 11 is 1.54. The van der Waals surface area contributed by atoms with Crippen LogP contribution in [0.5, 0.6) is 5.88 Å². The van der Waals surface area contributed by atoms with E-state index in [1.807, 2.05) is 16.8 Å². The van der Waals surface area contributed by atoms with Crippen molar-refractivity contribution >= 4 is 11.3 Å². The fourth-order valence-corrected chi connectivity index (χ4v) is 1.87. The highest BCUT2D eigenvalue weighted by molar-refractivity contribution is 7.07. The minimum atomic E-state index is -0.713. The number of rotatable bonds is 3. The van der Waals surface area contributed by atoms with Crippen molar-refractivity contribution in [3.05, 3.63) is 40.2 Å². The van der Waals surface area contributed by atoms with E-state index in [9.17, 15) is 5.11 Å². The molecule has 0 aliphatic carbocycles. The molecule has 78 valence electrons. The summed E-state index contributed by atoms with van der Waals surface area (Å²) in [4.78, 5) is 0. The molecule has 0 aliphatic heterocycles. The Bertz CT molecular complexity index is 413. The standard InChI is InChI=1S/C10H10N2O2S/c1-14-9-3-2-8(11-12-9)10(13)7-4-5-15-6-7/h2-6,10,13H,1H3. The van der Waals surface area contributed by atoms with Crippen molar-refractivity contribution in [3.8, 4) is 5.88 Å². The molecule has 2 heterocycles. The van der Waals surface area contributed by atoms with E-state index in [-0.39, 0.29) is 0 Å². The summed E-state index contributed by atoms with van der Waals surface area (Å²) in [5.74, 6) is 0.441. The zero-order valence-corrected chi connectivity index (χ0v) is 8.94. The van der Waals surface area contributed by atoms with Gasteiger partial charge in [0.15, 0.2) is 0 Å². The fourth-order valence-electron chi connectivity index (χ4n) is 1.19.